The molecule has 2 N–H and O–H groups in total. The molecule has 2 heterocycles. The van der Waals surface area contributed by atoms with E-state index >= 15 is 0 Å². The van der Waals surface area contributed by atoms with Crippen LogP contribution < -0.4 is 10.6 Å². The van der Waals surface area contributed by atoms with E-state index in [4.69, 9.17) is 0 Å². The molecule has 156 valence electrons. The van der Waals surface area contributed by atoms with Crippen molar-refractivity contribution in [2.45, 2.75) is 31.7 Å². The van der Waals surface area contributed by atoms with Crippen molar-refractivity contribution in [2.75, 3.05) is 32.0 Å². The molecule has 0 bridgehead atoms. The number of aryl methyl sites for hydroxylation is 1. The van der Waals surface area contributed by atoms with E-state index in [9.17, 15) is 4.79 Å². The predicted molar refractivity (Wildman–Crippen MR) is 119 cm³/mol. The van der Waals surface area contributed by atoms with Gasteiger partial charge in [0.25, 0.3) is 0 Å². The smallest absolute Gasteiger partial charge is 0.246 e. The number of carbonyl (C=O) groups is 1. The molecule has 1 unspecified atom stereocenters. The van der Waals surface area contributed by atoms with Crippen LogP contribution in [0.3, 0.4) is 0 Å². The highest BCUT2D eigenvalue weighted by Crippen LogP contribution is 2.17. The van der Waals surface area contributed by atoms with E-state index in [1.807, 2.05) is 25.4 Å². The number of benzene rings is 1. The first-order chi connectivity index (χ1) is 12.7. The number of anilines is 1. The molecule has 6 nitrogen and oxygen atoms in total. The number of nitrogens with one attached hydrogen (secondary N) is 2. The summed E-state index contributed by atoms with van der Waals surface area (Å²) in [6.45, 7) is 3.58. The summed E-state index contributed by atoms with van der Waals surface area (Å²) in [7, 11) is 3.62. The van der Waals surface area contributed by atoms with Crippen molar-refractivity contribution in [1.82, 2.24) is 20.0 Å². The Bertz CT molecular complexity index is 714. The fourth-order valence-electron chi connectivity index (χ4n) is 3.48. The molecule has 1 amide bonds. The second-order valence-corrected chi connectivity index (χ2v) is 7.01. The summed E-state index contributed by atoms with van der Waals surface area (Å²) in [5, 5.41) is 10.2. The zero-order chi connectivity index (χ0) is 18.4. The van der Waals surface area contributed by atoms with Gasteiger partial charge >= 0.3 is 0 Å². The third kappa shape index (κ3) is 6.78. The topological polar surface area (TPSA) is 62.2 Å². The van der Waals surface area contributed by atoms with Crippen LogP contribution >= 0.6 is 24.8 Å². The number of piperidine rings is 1. The average molecular weight is 428 g/mol. The summed E-state index contributed by atoms with van der Waals surface area (Å²) < 4.78 is 1.70. The number of carbonyl (C=O) groups excluding carboxylic acids is 1. The van der Waals surface area contributed by atoms with Crippen LogP contribution in [0.25, 0.3) is 0 Å². The molecule has 0 aliphatic carbocycles. The Kier molecular flexibility index (Phi) is 10.5. The summed E-state index contributed by atoms with van der Waals surface area (Å²) in [4.78, 5) is 15.1. The van der Waals surface area contributed by atoms with Crippen molar-refractivity contribution in [3.8, 4) is 0 Å². The minimum atomic E-state index is -0.414. The van der Waals surface area contributed by atoms with E-state index in [0.29, 0.717) is 0 Å². The quantitative estimate of drug-likeness (QED) is 0.711. The molecule has 1 aliphatic rings. The standard InChI is InChI=1S/C20H29N5O.2ClH/c1-21-19(17-14-22-24(2)15-17)20(26)23-18-8-6-16(7-9-18)10-13-25-11-4-3-5-12-25;;/h6-9,14-15,19,21H,3-5,10-13H2,1-2H3,(H,23,26);2*1H. The van der Waals surface area contributed by atoms with Gasteiger partial charge < -0.3 is 15.5 Å². The Morgan fingerprint density at radius 3 is 2.39 bits per heavy atom. The van der Waals surface area contributed by atoms with Crippen LogP contribution in [-0.4, -0.2) is 47.3 Å². The third-order valence-corrected chi connectivity index (χ3v) is 5.00. The van der Waals surface area contributed by atoms with Crippen molar-refractivity contribution in [1.29, 1.82) is 0 Å². The van der Waals surface area contributed by atoms with Crippen LogP contribution in [0.2, 0.25) is 0 Å². The van der Waals surface area contributed by atoms with Crippen molar-refractivity contribution in [3.63, 3.8) is 0 Å². The molecule has 2 aromatic rings. The van der Waals surface area contributed by atoms with Gasteiger partial charge in [-0.25, -0.2) is 0 Å². The van der Waals surface area contributed by atoms with Gasteiger partial charge in [-0.15, -0.1) is 24.8 Å². The number of amides is 1. The highest BCUT2D eigenvalue weighted by molar-refractivity contribution is 5.95. The summed E-state index contributed by atoms with van der Waals surface area (Å²) in [6, 6.07) is 7.77. The lowest BCUT2D eigenvalue weighted by molar-refractivity contribution is -0.118. The zero-order valence-electron chi connectivity index (χ0n) is 16.6. The molecule has 1 fully saturated rings. The number of likely N-dealkylation sites (tertiary alicyclic amines) is 1. The molecule has 1 aromatic heterocycles. The highest BCUT2D eigenvalue weighted by atomic mass is 35.5. The largest absolute Gasteiger partial charge is 0.324 e. The molecule has 1 atom stereocenters. The van der Waals surface area contributed by atoms with Crippen molar-refractivity contribution in [2.24, 2.45) is 7.05 Å². The second-order valence-electron chi connectivity index (χ2n) is 7.01. The van der Waals surface area contributed by atoms with Crippen LogP contribution in [0.4, 0.5) is 5.69 Å². The van der Waals surface area contributed by atoms with Gasteiger partial charge in [0.2, 0.25) is 5.91 Å². The van der Waals surface area contributed by atoms with E-state index in [1.54, 1.807) is 17.9 Å². The number of likely N-dealkylation sites (N-methyl/N-ethyl adjacent to an activating group) is 1. The Morgan fingerprint density at radius 2 is 1.82 bits per heavy atom. The first-order valence-electron chi connectivity index (χ1n) is 9.43. The first kappa shape index (κ1) is 24.4. The first-order valence-corrected chi connectivity index (χ1v) is 9.43. The number of hydrogen-bond donors (Lipinski definition) is 2. The Morgan fingerprint density at radius 1 is 1.14 bits per heavy atom. The summed E-state index contributed by atoms with van der Waals surface area (Å²) in [6.07, 6.45) is 8.65. The van der Waals surface area contributed by atoms with Crippen molar-refractivity contribution < 1.29 is 4.79 Å². The Hall–Kier alpha value is -1.60. The number of rotatable bonds is 7. The van der Waals surface area contributed by atoms with Crippen LogP contribution in [0.5, 0.6) is 0 Å². The lowest BCUT2D eigenvalue weighted by Gasteiger charge is -2.26. The Labute approximate surface area is 179 Å². The maximum atomic E-state index is 12.6. The van der Waals surface area contributed by atoms with Gasteiger partial charge in [-0.2, -0.15) is 5.10 Å². The summed E-state index contributed by atoms with van der Waals surface area (Å²) >= 11 is 0. The molecular formula is C20H31Cl2N5O. The fourth-order valence-corrected chi connectivity index (χ4v) is 3.48. The minimum absolute atomic E-state index is 0. The van der Waals surface area contributed by atoms with E-state index in [0.717, 1.165) is 24.2 Å². The molecule has 1 aliphatic heterocycles. The predicted octanol–water partition coefficient (Wildman–Crippen LogP) is 3.19. The van der Waals surface area contributed by atoms with Gasteiger partial charge in [0, 0.05) is 31.0 Å². The number of halogens is 2. The third-order valence-electron chi connectivity index (χ3n) is 5.00. The van der Waals surface area contributed by atoms with Gasteiger partial charge in [-0.1, -0.05) is 18.6 Å². The Balaban J connectivity index is 0.00000196. The zero-order valence-corrected chi connectivity index (χ0v) is 18.2. The van der Waals surface area contributed by atoms with Gasteiger partial charge in [0.05, 0.1) is 6.20 Å². The highest BCUT2D eigenvalue weighted by Gasteiger charge is 2.20. The molecule has 0 radical (unpaired) electrons. The molecule has 1 saturated heterocycles. The van der Waals surface area contributed by atoms with Crippen molar-refractivity contribution >= 4 is 36.4 Å². The second kappa shape index (κ2) is 12.1. The van der Waals surface area contributed by atoms with Crippen LogP contribution in [-0.2, 0) is 18.3 Å². The SMILES string of the molecule is CNC(C(=O)Nc1ccc(CCN2CCCCC2)cc1)c1cnn(C)c1.Cl.Cl. The lowest BCUT2D eigenvalue weighted by Crippen LogP contribution is -2.31. The van der Waals surface area contributed by atoms with Gasteiger partial charge in [-0.05, 0) is 57.1 Å². The molecule has 0 spiro atoms. The molecule has 8 heteroatoms. The van der Waals surface area contributed by atoms with E-state index in [1.165, 1.54) is 37.9 Å². The average Bonchev–Trinajstić information content (AvgIpc) is 3.08. The molecule has 1 aromatic carbocycles. The monoisotopic (exact) mass is 427 g/mol. The molecule has 3 rings (SSSR count). The molecule has 28 heavy (non-hydrogen) atoms. The number of hydrogen-bond acceptors (Lipinski definition) is 4. The van der Waals surface area contributed by atoms with E-state index < -0.39 is 6.04 Å². The van der Waals surface area contributed by atoms with Gasteiger partial charge in [-0.3, -0.25) is 9.48 Å². The van der Waals surface area contributed by atoms with Gasteiger partial charge in [0.15, 0.2) is 0 Å². The normalized spacial score (nSPS) is 15.2. The van der Waals surface area contributed by atoms with Crippen LogP contribution in [0.1, 0.15) is 36.4 Å². The summed E-state index contributed by atoms with van der Waals surface area (Å²) in [5.41, 5.74) is 2.98. The van der Waals surface area contributed by atoms with E-state index in [2.05, 4.69) is 32.8 Å². The number of nitrogens with zero attached hydrogens (tertiary/aromatic N) is 3. The van der Waals surface area contributed by atoms with Crippen molar-refractivity contribution in [3.05, 3.63) is 47.8 Å². The van der Waals surface area contributed by atoms with E-state index in [-0.39, 0.29) is 30.7 Å². The minimum Gasteiger partial charge on any atom is -0.324 e. The van der Waals surface area contributed by atoms with Gasteiger partial charge in [0.1, 0.15) is 6.04 Å². The molecule has 0 saturated carbocycles. The lowest BCUT2D eigenvalue weighted by atomic mass is 10.1. The summed E-state index contributed by atoms with van der Waals surface area (Å²) in [5.74, 6) is -0.0819. The maximum Gasteiger partial charge on any atom is 0.246 e. The maximum absolute atomic E-state index is 12.6. The fraction of sp³-hybridized carbons (Fsp3) is 0.500. The molecular weight excluding hydrogens is 397 g/mol. The van der Waals surface area contributed by atoms with Crippen LogP contribution in [0, 0.1) is 0 Å². The van der Waals surface area contributed by atoms with Crippen LogP contribution in [0.15, 0.2) is 36.7 Å². The number of aromatic nitrogens is 2.